The Kier molecular flexibility index (Phi) is 5.77. The molecule has 106 valence electrons. The molecule has 0 amide bonds. The summed E-state index contributed by atoms with van der Waals surface area (Å²) in [7, 11) is 0. The van der Waals surface area contributed by atoms with Crippen molar-refractivity contribution in [2.24, 2.45) is 0 Å². The zero-order valence-electron chi connectivity index (χ0n) is 12.5. The van der Waals surface area contributed by atoms with Gasteiger partial charge in [0.2, 0.25) is 0 Å². The zero-order chi connectivity index (χ0) is 13.7. The summed E-state index contributed by atoms with van der Waals surface area (Å²) >= 11 is 2.10. The Balaban J connectivity index is 1.93. The second kappa shape index (κ2) is 7.35. The van der Waals surface area contributed by atoms with E-state index >= 15 is 0 Å². The molecule has 2 rings (SSSR count). The smallest absolute Gasteiger partial charge is 0.0109 e. The Bertz CT molecular complexity index is 402. The number of hydrogen-bond acceptors (Lipinski definition) is 2. The molecule has 1 fully saturated rings. The Morgan fingerprint density at radius 1 is 1.26 bits per heavy atom. The molecule has 1 N–H and O–H groups in total. The van der Waals surface area contributed by atoms with Crippen molar-refractivity contribution in [2.45, 2.75) is 69.1 Å². The molecule has 0 aromatic heterocycles. The van der Waals surface area contributed by atoms with E-state index in [0.717, 1.165) is 11.3 Å². The van der Waals surface area contributed by atoms with Crippen molar-refractivity contribution >= 4 is 11.8 Å². The molecule has 1 aromatic carbocycles. The summed E-state index contributed by atoms with van der Waals surface area (Å²) in [6, 6.07) is 7.57. The second-order valence-electron chi connectivity index (χ2n) is 5.83. The molecule has 0 spiro atoms. The average molecular weight is 277 g/mol. The Hall–Kier alpha value is -0.470. The first-order chi connectivity index (χ1) is 9.19. The van der Waals surface area contributed by atoms with Crippen molar-refractivity contribution < 1.29 is 0 Å². The maximum atomic E-state index is 3.70. The van der Waals surface area contributed by atoms with E-state index in [1.54, 1.807) is 0 Å². The fourth-order valence-electron chi connectivity index (χ4n) is 2.80. The van der Waals surface area contributed by atoms with Crippen LogP contribution in [-0.4, -0.2) is 17.8 Å². The normalized spacial score (nSPS) is 23.5. The highest BCUT2D eigenvalue weighted by molar-refractivity contribution is 8.00. The van der Waals surface area contributed by atoms with E-state index in [4.69, 9.17) is 0 Å². The lowest BCUT2D eigenvalue weighted by Crippen LogP contribution is -2.35. The molecule has 2 heteroatoms. The number of hydrogen-bond donors (Lipinski definition) is 1. The molecule has 1 aliphatic rings. The highest BCUT2D eigenvalue weighted by Gasteiger charge is 2.22. The number of rotatable bonds is 5. The van der Waals surface area contributed by atoms with E-state index < -0.39 is 0 Å². The fourth-order valence-corrected chi connectivity index (χ4v) is 4.28. The summed E-state index contributed by atoms with van der Waals surface area (Å²) in [5.74, 6) is 0. The minimum absolute atomic E-state index is 0.747. The highest BCUT2D eigenvalue weighted by Crippen LogP contribution is 2.35. The van der Waals surface area contributed by atoms with Crippen molar-refractivity contribution in [1.82, 2.24) is 5.32 Å². The van der Waals surface area contributed by atoms with Crippen molar-refractivity contribution in [3.63, 3.8) is 0 Å². The van der Waals surface area contributed by atoms with Gasteiger partial charge in [0.15, 0.2) is 0 Å². The standard InChI is InChI=1S/C17H27NS/c1-4-10-18-15-6-5-7-16(12-15)19-17-11-13(2)8-9-14(17)3/h8-9,11,15-16,18H,4-7,10,12H2,1-3H3. The molecule has 2 atom stereocenters. The van der Waals surface area contributed by atoms with Crippen molar-refractivity contribution in [1.29, 1.82) is 0 Å². The molecule has 1 nitrogen and oxygen atoms in total. The number of benzene rings is 1. The third-order valence-corrected chi connectivity index (χ3v) is 5.40. The fraction of sp³-hybridized carbons (Fsp3) is 0.647. The van der Waals surface area contributed by atoms with Crippen molar-refractivity contribution in [3.8, 4) is 0 Å². The average Bonchev–Trinajstić information content (AvgIpc) is 2.41. The molecule has 0 bridgehead atoms. The van der Waals surface area contributed by atoms with E-state index in [1.165, 1.54) is 54.7 Å². The lowest BCUT2D eigenvalue weighted by atomic mass is 9.95. The second-order valence-corrected chi connectivity index (χ2v) is 7.17. The highest BCUT2D eigenvalue weighted by atomic mass is 32.2. The first-order valence-corrected chi connectivity index (χ1v) is 8.54. The van der Waals surface area contributed by atoms with Gasteiger partial charge in [0.05, 0.1) is 0 Å². The maximum Gasteiger partial charge on any atom is 0.0109 e. The third-order valence-electron chi connectivity index (χ3n) is 3.95. The van der Waals surface area contributed by atoms with Gasteiger partial charge in [0.1, 0.15) is 0 Å². The van der Waals surface area contributed by atoms with Crippen molar-refractivity contribution in [2.75, 3.05) is 6.54 Å². The Morgan fingerprint density at radius 2 is 2.11 bits per heavy atom. The Labute approximate surface area is 122 Å². The molecule has 0 radical (unpaired) electrons. The quantitative estimate of drug-likeness (QED) is 0.836. The number of thioether (sulfide) groups is 1. The van der Waals surface area contributed by atoms with Crippen LogP contribution in [0.25, 0.3) is 0 Å². The van der Waals surface area contributed by atoms with E-state index in [2.05, 4.69) is 56.0 Å². The predicted octanol–water partition coefficient (Wildman–Crippen LogP) is 4.71. The van der Waals surface area contributed by atoms with Gasteiger partial charge in [0.25, 0.3) is 0 Å². The molecular weight excluding hydrogens is 250 g/mol. The number of nitrogens with one attached hydrogen (secondary N) is 1. The molecule has 2 unspecified atom stereocenters. The molecule has 1 aromatic rings. The minimum atomic E-state index is 0.747. The van der Waals surface area contributed by atoms with Gasteiger partial charge in [-0.05, 0) is 57.7 Å². The van der Waals surface area contributed by atoms with Gasteiger partial charge in [-0.15, -0.1) is 11.8 Å². The number of aryl methyl sites for hydroxylation is 2. The molecule has 0 heterocycles. The zero-order valence-corrected chi connectivity index (χ0v) is 13.4. The lowest BCUT2D eigenvalue weighted by molar-refractivity contribution is 0.381. The molecule has 1 aliphatic carbocycles. The van der Waals surface area contributed by atoms with Gasteiger partial charge >= 0.3 is 0 Å². The van der Waals surface area contributed by atoms with E-state index in [-0.39, 0.29) is 0 Å². The van der Waals surface area contributed by atoms with Gasteiger partial charge < -0.3 is 5.32 Å². The van der Waals surface area contributed by atoms with Gasteiger partial charge in [0, 0.05) is 16.2 Å². The van der Waals surface area contributed by atoms with Crippen LogP contribution >= 0.6 is 11.8 Å². The van der Waals surface area contributed by atoms with E-state index in [9.17, 15) is 0 Å². The topological polar surface area (TPSA) is 12.0 Å². The van der Waals surface area contributed by atoms with E-state index in [1.807, 2.05) is 0 Å². The first kappa shape index (κ1) is 14.9. The minimum Gasteiger partial charge on any atom is -0.314 e. The molecule has 1 saturated carbocycles. The van der Waals surface area contributed by atoms with Crippen LogP contribution in [0, 0.1) is 13.8 Å². The summed E-state index contributed by atoms with van der Waals surface area (Å²) < 4.78 is 0. The first-order valence-electron chi connectivity index (χ1n) is 7.66. The van der Waals surface area contributed by atoms with Gasteiger partial charge in [-0.3, -0.25) is 0 Å². The third kappa shape index (κ3) is 4.54. The van der Waals surface area contributed by atoms with Gasteiger partial charge in [-0.1, -0.05) is 31.0 Å². The van der Waals surface area contributed by atoms with Gasteiger partial charge in [-0.2, -0.15) is 0 Å². The summed E-state index contributed by atoms with van der Waals surface area (Å²) in [4.78, 5) is 1.49. The van der Waals surface area contributed by atoms with Crippen LogP contribution in [0.1, 0.15) is 50.2 Å². The monoisotopic (exact) mass is 277 g/mol. The molecule has 0 saturated heterocycles. The van der Waals surface area contributed by atoms with Crippen molar-refractivity contribution in [3.05, 3.63) is 29.3 Å². The van der Waals surface area contributed by atoms with E-state index in [0.29, 0.717) is 0 Å². The van der Waals surface area contributed by atoms with Crippen LogP contribution < -0.4 is 5.32 Å². The molecular formula is C17H27NS. The lowest BCUT2D eigenvalue weighted by Gasteiger charge is -2.30. The SMILES string of the molecule is CCCNC1CCCC(Sc2cc(C)ccc2C)C1. The van der Waals surface area contributed by atoms with Crippen LogP contribution in [0.5, 0.6) is 0 Å². The van der Waals surface area contributed by atoms with Gasteiger partial charge in [-0.25, -0.2) is 0 Å². The van der Waals surface area contributed by atoms with Crippen LogP contribution in [0.2, 0.25) is 0 Å². The summed E-state index contributed by atoms with van der Waals surface area (Å²) in [6.45, 7) is 7.84. The maximum absolute atomic E-state index is 3.70. The summed E-state index contributed by atoms with van der Waals surface area (Å²) in [5.41, 5.74) is 2.81. The van der Waals surface area contributed by atoms with Crippen LogP contribution in [-0.2, 0) is 0 Å². The summed E-state index contributed by atoms with van der Waals surface area (Å²) in [6.07, 6.45) is 6.69. The Morgan fingerprint density at radius 3 is 2.89 bits per heavy atom. The molecule has 0 aliphatic heterocycles. The molecule has 19 heavy (non-hydrogen) atoms. The predicted molar refractivity (Wildman–Crippen MR) is 86.1 cm³/mol. The largest absolute Gasteiger partial charge is 0.314 e. The summed E-state index contributed by atoms with van der Waals surface area (Å²) in [5, 5.41) is 4.49. The van der Waals surface area contributed by atoms with Crippen LogP contribution in [0.3, 0.4) is 0 Å². The van der Waals surface area contributed by atoms with Crippen LogP contribution in [0.15, 0.2) is 23.1 Å². The van der Waals surface area contributed by atoms with Crippen LogP contribution in [0.4, 0.5) is 0 Å².